The number of hydrogen-bond donors (Lipinski definition) is 1. The average molecular weight is 426 g/mol. The van der Waals surface area contributed by atoms with Crippen molar-refractivity contribution in [3.05, 3.63) is 87.7 Å². The van der Waals surface area contributed by atoms with E-state index in [0.717, 1.165) is 33.2 Å². The lowest BCUT2D eigenvalue weighted by Gasteiger charge is -2.10. The van der Waals surface area contributed by atoms with Gasteiger partial charge in [0.1, 0.15) is 0 Å². The van der Waals surface area contributed by atoms with E-state index in [0.29, 0.717) is 11.5 Å². The second-order valence-corrected chi connectivity index (χ2v) is 8.27. The SMILES string of the molecule is Cc1cccc(-n2c(C)cc(/C=N\NC(=O)CSCc3ccccc3Cl)c2C)c1. The van der Waals surface area contributed by atoms with Gasteiger partial charge in [-0.25, -0.2) is 5.43 Å². The summed E-state index contributed by atoms with van der Waals surface area (Å²) in [7, 11) is 0. The number of hydrazone groups is 1. The maximum absolute atomic E-state index is 12.0. The maximum Gasteiger partial charge on any atom is 0.250 e. The Balaban J connectivity index is 1.57. The summed E-state index contributed by atoms with van der Waals surface area (Å²) >= 11 is 7.64. The van der Waals surface area contributed by atoms with Crippen molar-refractivity contribution in [2.45, 2.75) is 26.5 Å². The Bertz CT molecular complexity index is 1040. The highest BCUT2D eigenvalue weighted by molar-refractivity contribution is 7.99. The van der Waals surface area contributed by atoms with Crippen LogP contribution in [0, 0.1) is 20.8 Å². The van der Waals surface area contributed by atoms with Crippen LogP contribution in [0.4, 0.5) is 0 Å². The average Bonchev–Trinajstić information content (AvgIpc) is 2.97. The van der Waals surface area contributed by atoms with Gasteiger partial charge in [-0.1, -0.05) is 41.9 Å². The summed E-state index contributed by atoms with van der Waals surface area (Å²) in [6, 6.07) is 18.1. The van der Waals surface area contributed by atoms with Crippen molar-refractivity contribution in [1.29, 1.82) is 0 Å². The molecule has 1 aromatic heterocycles. The number of halogens is 1. The molecule has 0 aliphatic heterocycles. The van der Waals surface area contributed by atoms with Gasteiger partial charge in [-0.2, -0.15) is 5.10 Å². The van der Waals surface area contributed by atoms with Crippen molar-refractivity contribution in [3.63, 3.8) is 0 Å². The zero-order valence-electron chi connectivity index (χ0n) is 16.8. The Morgan fingerprint density at radius 1 is 1.14 bits per heavy atom. The number of thioether (sulfide) groups is 1. The molecular formula is C23H24ClN3OS. The molecule has 4 nitrogen and oxygen atoms in total. The lowest BCUT2D eigenvalue weighted by molar-refractivity contribution is -0.118. The van der Waals surface area contributed by atoms with Crippen LogP contribution in [0.15, 0.2) is 59.7 Å². The molecule has 29 heavy (non-hydrogen) atoms. The standard InChI is InChI=1S/C23H24ClN3OS/c1-16-7-6-9-21(11-16)27-17(2)12-20(18(27)3)13-25-26-23(28)15-29-14-19-8-4-5-10-22(19)24/h4-13H,14-15H2,1-3H3,(H,26,28)/b25-13-. The fourth-order valence-electron chi connectivity index (χ4n) is 3.16. The van der Waals surface area contributed by atoms with Gasteiger partial charge in [0.2, 0.25) is 5.91 Å². The molecule has 0 unspecified atom stereocenters. The van der Waals surface area contributed by atoms with Crippen molar-refractivity contribution in [3.8, 4) is 5.69 Å². The number of carbonyl (C=O) groups excluding carboxylic acids is 1. The minimum Gasteiger partial charge on any atom is -0.318 e. The van der Waals surface area contributed by atoms with Gasteiger partial charge in [0.05, 0.1) is 12.0 Å². The Morgan fingerprint density at radius 2 is 1.93 bits per heavy atom. The molecule has 1 amide bonds. The number of benzene rings is 2. The Kier molecular flexibility index (Phi) is 7.18. The zero-order chi connectivity index (χ0) is 20.8. The summed E-state index contributed by atoms with van der Waals surface area (Å²) in [5.41, 5.74) is 9.15. The molecule has 1 N–H and O–H groups in total. The van der Waals surface area contributed by atoms with E-state index in [-0.39, 0.29) is 5.91 Å². The minimum atomic E-state index is -0.134. The summed E-state index contributed by atoms with van der Waals surface area (Å²) in [6.07, 6.45) is 1.70. The van der Waals surface area contributed by atoms with E-state index in [9.17, 15) is 4.79 Å². The molecule has 0 aliphatic rings. The predicted molar refractivity (Wildman–Crippen MR) is 123 cm³/mol. The van der Waals surface area contributed by atoms with Crippen LogP contribution in [-0.4, -0.2) is 22.4 Å². The van der Waals surface area contributed by atoms with Gasteiger partial charge in [-0.15, -0.1) is 11.8 Å². The molecule has 3 rings (SSSR count). The number of aromatic nitrogens is 1. The number of nitrogens with one attached hydrogen (secondary N) is 1. The molecule has 0 saturated heterocycles. The van der Waals surface area contributed by atoms with E-state index in [4.69, 9.17) is 11.6 Å². The van der Waals surface area contributed by atoms with Crippen LogP contribution in [-0.2, 0) is 10.5 Å². The van der Waals surface area contributed by atoms with E-state index in [1.165, 1.54) is 17.3 Å². The van der Waals surface area contributed by atoms with E-state index in [1.807, 2.05) is 24.3 Å². The summed E-state index contributed by atoms with van der Waals surface area (Å²) in [6.45, 7) is 6.20. The van der Waals surface area contributed by atoms with Crippen molar-refractivity contribution in [2.24, 2.45) is 5.10 Å². The maximum atomic E-state index is 12.0. The fraction of sp³-hybridized carbons (Fsp3) is 0.217. The van der Waals surface area contributed by atoms with Crippen molar-refractivity contribution in [1.82, 2.24) is 9.99 Å². The van der Waals surface area contributed by atoms with Gasteiger partial charge in [-0.05, 0) is 56.2 Å². The zero-order valence-corrected chi connectivity index (χ0v) is 18.3. The number of rotatable bonds is 7. The third-order valence-electron chi connectivity index (χ3n) is 4.57. The molecule has 0 saturated carbocycles. The van der Waals surface area contributed by atoms with Crippen LogP contribution < -0.4 is 5.43 Å². The number of nitrogens with zero attached hydrogens (tertiary/aromatic N) is 2. The lowest BCUT2D eigenvalue weighted by Crippen LogP contribution is -2.19. The molecule has 0 atom stereocenters. The quantitative estimate of drug-likeness (QED) is 0.404. The summed E-state index contributed by atoms with van der Waals surface area (Å²) in [4.78, 5) is 12.0. The molecule has 2 aromatic carbocycles. The Labute approximate surface area is 181 Å². The first-order valence-electron chi connectivity index (χ1n) is 9.34. The van der Waals surface area contributed by atoms with Crippen LogP contribution in [0.1, 0.15) is 28.1 Å². The second kappa shape index (κ2) is 9.81. The van der Waals surface area contributed by atoms with Crippen LogP contribution in [0.3, 0.4) is 0 Å². The monoisotopic (exact) mass is 425 g/mol. The third kappa shape index (κ3) is 5.52. The summed E-state index contributed by atoms with van der Waals surface area (Å²) in [5, 5.41) is 4.86. The van der Waals surface area contributed by atoms with E-state index < -0.39 is 0 Å². The highest BCUT2D eigenvalue weighted by atomic mass is 35.5. The van der Waals surface area contributed by atoms with Crippen LogP contribution in [0.25, 0.3) is 5.69 Å². The van der Waals surface area contributed by atoms with E-state index in [2.05, 4.69) is 66.2 Å². The smallest absolute Gasteiger partial charge is 0.250 e. The summed E-state index contributed by atoms with van der Waals surface area (Å²) < 4.78 is 2.19. The van der Waals surface area contributed by atoms with Gasteiger partial charge < -0.3 is 4.57 Å². The number of hydrogen-bond acceptors (Lipinski definition) is 3. The normalized spacial score (nSPS) is 11.2. The number of carbonyl (C=O) groups is 1. The van der Waals surface area contributed by atoms with Gasteiger partial charge in [0.15, 0.2) is 0 Å². The van der Waals surface area contributed by atoms with Gasteiger partial charge in [-0.3, -0.25) is 4.79 Å². The predicted octanol–water partition coefficient (Wildman–Crippen LogP) is 5.44. The Hall–Kier alpha value is -2.50. The first kappa shape index (κ1) is 21.2. The summed E-state index contributed by atoms with van der Waals surface area (Å²) in [5.74, 6) is 0.880. The number of amides is 1. The van der Waals surface area contributed by atoms with Gasteiger partial charge >= 0.3 is 0 Å². The Morgan fingerprint density at radius 3 is 2.69 bits per heavy atom. The van der Waals surface area contributed by atoms with E-state index in [1.54, 1.807) is 6.21 Å². The molecule has 150 valence electrons. The molecule has 0 aliphatic carbocycles. The van der Waals surface area contributed by atoms with E-state index >= 15 is 0 Å². The molecular weight excluding hydrogens is 402 g/mol. The second-order valence-electron chi connectivity index (χ2n) is 6.88. The molecule has 1 heterocycles. The molecule has 0 spiro atoms. The van der Waals surface area contributed by atoms with Gasteiger partial charge in [0.25, 0.3) is 0 Å². The van der Waals surface area contributed by atoms with Crippen LogP contribution >= 0.6 is 23.4 Å². The first-order chi connectivity index (χ1) is 14.0. The highest BCUT2D eigenvalue weighted by Gasteiger charge is 2.10. The highest BCUT2D eigenvalue weighted by Crippen LogP contribution is 2.21. The van der Waals surface area contributed by atoms with Gasteiger partial charge in [0, 0.05) is 33.4 Å². The lowest BCUT2D eigenvalue weighted by atomic mass is 10.2. The molecule has 3 aromatic rings. The number of aryl methyl sites for hydroxylation is 2. The molecule has 0 radical (unpaired) electrons. The minimum absolute atomic E-state index is 0.134. The topological polar surface area (TPSA) is 46.4 Å². The molecule has 0 fully saturated rings. The fourth-order valence-corrected chi connectivity index (χ4v) is 4.26. The van der Waals surface area contributed by atoms with Crippen LogP contribution in [0.5, 0.6) is 0 Å². The van der Waals surface area contributed by atoms with Crippen molar-refractivity contribution in [2.75, 3.05) is 5.75 Å². The molecule has 6 heteroatoms. The molecule has 0 bridgehead atoms. The van der Waals surface area contributed by atoms with Crippen LogP contribution in [0.2, 0.25) is 5.02 Å². The first-order valence-corrected chi connectivity index (χ1v) is 10.9. The van der Waals surface area contributed by atoms with Crippen molar-refractivity contribution >= 4 is 35.5 Å². The largest absolute Gasteiger partial charge is 0.318 e. The third-order valence-corrected chi connectivity index (χ3v) is 5.92. The van der Waals surface area contributed by atoms with Crippen molar-refractivity contribution < 1.29 is 4.79 Å².